The van der Waals surface area contributed by atoms with Crippen molar-refractivity contribution >= 4 is 5.78 Å². The minimum Gasteiger partial charge on any atom is -0.289 e. The summed E-state index contributed by atoms with van der Waals surface area (Å²) in [5, 5.41) is 0. The number of aromatic nitrogens is 1. The molecule has 0 saturated heterocycles. The Bertz CT molecular complexity index is 599. The van der Waals surface area contributed by atoms with E-state index in [-0.39, 0.29) is 5.78 Å². The summed E-state index contributed by atoms with van der Waals surface area (Å²) in [6.07, 6.45) is 5.11. The molecule has 0 bridgehead atoms. The molecule has 0 spiro atoms. The first-order valence-corrected chi connectivity index (χ1v) is 6.33. The first-order valence-electron chi connectivity index (χ1n) is 6.33. The Morgan fingerprint density at radius 2 is 1.83 bits per heavy atom. The topological polar surface area (TPSA) is 30.0 Å². The van der Waals surface area contributed by atoms with Crippen molar-refractivity contribution in [2.24, 2.45) is 0 Å². The van der Waals surface area contributed by atoms with Gasteiger partial charge < -0.3 is 0 Å². The van der Waals surface area contributed by atoms with E-state index in [0.717, 1.165) is 24.1 Å². The Balaban J connectivity index is 1.95. The SMILES string of the molecule is Cc1ccc(C(=O)c2ccc3c(c2)CCC3)cn1. The highest BCUT2D eigenvalue weighted by Gasteiger charge is 2.15. The van der Waals surface area contributed by atoms with Gasteiger partial charge in [0.2, 0.25) is 0 Å². The molecule has 0 aliphatic heterocycles. The van der Waals surface area contributed by atoms with Gasteiger partial charge in [0.15, 0.2) is 5.78 Å². The summed E-state index contributed by atoms with van der Waals surface area (Å²) in [6, 6.07) is 9.80. The van der Waals surface area contributed by atoms with Crippen LogP contribution in [0.1, 0.15) is 39.2 Å². The number of hydrogen-bond donors (Lipinski definition) is 0. The second kappa shape index (κ2) is 4.37. The fraction of sp³-hybridized carbons (Fsp3) is 0.250. The molecule has 2 nitrogen and oxygen atoms in total. The van der Waals surface area contributed by atoms with E-state index >= 15 is 0 Å². The molecule has 0 fully saturated rings. The third kappa shape index (κ3) is 1.94. The van der Waals surface area contributed by atoms with Gasteiger partial charge >= 0.3 is 0 Å². The fourth-order valence-electron chi connectivity index (χ4n) is 2.48. The first kappa shape index (κ1) is 11.1. The number of nitrogens with zero attached hydrogens (tertiary/aromatic N) is 1. The molecule has 1 aliphatic rings. The van der Waals surface area contributed by atoms with Crippen LogP contribution in [0.3, 0.4) is 0 Å². The number of rotatable bonds is 2. The third-order valence-corrected chi connectivity index (χ3v) is 3.53. The highest BCUT2D eigenvalue weighted by atomic mass is 16.1. The average Bonchev–Trinajstić information content (AvgIpc) is 2.86. The Morgan fingerprint density at radius 1 is 1.06 bits per heavy atom. The fourth-order valence-corrected chi connectivity index (χ4v) is 2.48. The molecule has 0 saturated carbocycles. The normalized spacial score (nSPS) is 13.4. The zero-order valence-electron chi connectivity index (χ0n) is 10.4. The van der Waals surface area contributed by atoms with Gasteiger partial charge in [0.1, 0.15) is 0 Å². The predicted octanol–water partition coefficient (Wildman–Crippen LogP) is 3.11. The summed E-state index contributed by atoms with van der Waals surface area (Å²) in [5.41, 5.74) is 5.11. The summed E-state index contributed by atoms with van der Waals surface area (Å²) in [4.78, 5) is 16.5. The second-order valence-corrected chi connectivity index (χ2v) is 4.85. The Hall–Kier alpha value is -1.96. The highest BCUT2D eigenvalue weighted by molar-refractivity contribution is 6.08. The lowest BCUT2D eigenvalue weighted by Crippen LogP contribution is -2.03. The van der Waals surface area contributed by atoms with E-state index in [9.17, 15) is 4.79 Å². The van der Waals surface area contributed by atoms with E-state index in [1.54, 1.807) is 6.20 Å². The minimum absolute atomic E-state index is 0.0669. The zero-order chi connectivity index (χ0) is 12.5. The van der Waals surface area contributed by atoms with E-state index in [1.807, 2.05) is 31.2 Å². The van der Waals surface area contributed by atoms with Crippen molar-refractivity contribution in [1.29, 1.82) is 0 Å². The maximum absolute atomic E-state index is 12.3. The first-order chi connectivity index (χ1) is 8.74. The molecule has 0 N–H and O–H groups in total. The van der Waals surface area contributed by atoms with Gasteiger partial charge in [-0.25, -0.2) is 0 Å². The molecular formula is C16H15NO. The van der Waals surface area contributed by atoms with E-state index in [0.29, 0.717) is 5.56 Å². The van der Waals surface area contributed by atoms with Crippen LogP contribution in [0.15, 0.2) is 36.5 Å². The van der Waals surface area contributed by atoms with Crippen LogP contribution in [-0.2, 0) is 12.8 Å². The highest BCUT2D eigenvalue weighted by Crippen LogP contribution is 2.23. The van der Waals surface area contributed by atoms with Crippen LogP contribution in [-0.4, -0.2) is 10.8 Å². The molecule has 3 rings (SSSR count). The van der Waals surface area contributed by atoms with Gasteiger partial charge in [-0.1, -0.05) is 12.1 Å². The van der Waals surface area contributed by atoms with Gasteiger partial charge in [-0.3, -0.25) is 9.78 Å². The smallest absolute Gasteiger partial charge is 0.194 e. The van der Waals surface area contributed by atoms with E-state index in [2.05, 4.69) is 11.1 Å². The molecule has 1 aromatic carbocycles. The van der Waals surface area contributed by atoms with Gasteiger partial charge in [0, 0.05) is 23.0 Å². The molecule has 1 aromatic heterocycles. The van der Waals surface area contributed by atoms with Crippen LogP contribution >= 0.6 is 0 Å². The van der Waals surface area contributed by atoms with Gasteiger partial charge in [-0.15, -0.1) is 0 Å². The number of aryl methyl sites for hydroxylation is 3. The Kier molecular flexibility index (Phi) is 2.71. The lowest BCUT2D eigenvalue weighted by Gasteiger charge is -2.04. The lowest BCUT2D eigenvalue weighted by atomic mass is 10.0. The van der Waals surface area contributed by atoms with Crippen LogP contribution in [0.2, 0.25) is 0 Å². The number of benzene rings is 1. The van der Waals surface area contributed by atoms with Crippen LogP contribution in [0.25, 0.3) is 0 Å². The second-order valence-electron chi connectivity index (χ2n) is 4.85. The maximum Gasteiger partial charge on any atom is 0.194 e. The van der Waals surface area contributed by atoms with Crippen LogP contribution in [0, 0.1) is 6.92 Å². The Labute approximate surface area is 107 Å². The quantitative estimate of drug-likeness (QED) is 0.751. The molecule has 2 heteroatoms. The largest absolute Gasteiger partial charge is 0.289 e. The lowest BCUT2D eigenvalue weighted by molar-refractivity contribution is 0.103. The molecule has 0 amide bonds. The minimum atomic E-state index is 0.0669. The molecule has 18 heavy (non-hydrogen) atoms. The van der Waals surface area contributed by atoms with Crippen molar-refractivity contribution in [3.63, 3.8) is 0 Å². The summed E-state index contributed by atoms with van der Waals surface area (Å²) in [6.45, 7) is 1.92. The predicted molar refractivity (Wildman–Crippen MR) is 70.9 cm³/mol. The Morgan fingerprint density at radius 3 is 2.61 bits per heavy atom. The summed E-state index contributed by atoms with van der Waals surface area (Å²) in [7, 11) is 0. The van der Waals surface area contributed by atoms with E-state index in [1.165, 1.54) is 17.5 Å². The summed E-state index contributed by atoms with van der Waals surface area (Å²) < 4.78 is 0. The van der Waals surface area contributed by atoms with Crippen LogP contribution in [0.4, 0.5) is 0 Å². The van der Waals surface area contributed by atoms with Crippen molar-refractivity contribution in [2.45, 2.75) is 26.2 Å². The third-order valence-electron chi connectivity index (χ3n) is 3.53. The van der Waals surface area contributed by atoms with Crippen molar-refractivity contribution in [3.05, 3.63) is 64.5 Å². The van der Waals surface area contributed by atoms with Crippen LogP contribution < -0.4 is 0 Å². The molecule has 2 aromatic rings. The van der Waals surface area contributed by atoms with Crippen LogP contribution in [0.5, 0.6) is 0 Å². The maximum atomic E-state index is 12.3. The number of fused-ring (bicyclic) bond motifs is 1. The number of carbonyl (C=O) groups excluding carboxylic acids is 1. The summed E-state index contributed by atoms with van der Waals surface area (Å²) >= 11 is 0. The van der Waals surface area contributed by atoms with Crippen molar-refractivity contribution in [3.8, 4) is 0 Å². The monoisotopic (exact) mass is 237 g/mol. The molecule has 1 heterocycles. The molecule has 90 valence electrons. The molecule has 1 aliphatic carbocycles. The standard InChI is InChI=1S/C16H15NO/c1-11-5-6-15(10-17-11)16(18)14-8-7-12-3-2-4-13(12)9-14/h5-10H,2-4H2,1H3. The van der Waals surface area contributed by atoms with Crippen molar-refractivity contribution in [1.82, 2.24) is 4.98 Å². The molecule has 0 radical (unpaired) electrons. The zero-order valence-corrected chi connectivity index (χ0v) is 10.4. The number of hydrogen-bond acceptors (Lipinski definition) is 2. The van der Waals surface area contributed by atoms with Gasteiger partial charge in [0.25, 0.3) is 0 Å². The van der Waals surface area contributed by atoms with Crippen molar-refractivity contribution in [2.75, 3.05) is 0 Å². The number of ketones is 1. The van der Waals surface area contributed by atoms with E-state index < -0.39 is 0 Å². The van der Waals surface area contributed by atoms with Crippen molar-refractivity contribution < 1.29 is 4.79 Å². The van der Waals surface area contributed by atoms with Gasteiger partial charge in [-0.05, 0) is 55.5 Å². The summed E-state index contributed by atoms with van der Waals surface area (Å²) in [5.74, 6) is 0.0669. The molecule has 0 unspecified atom stereocenters. The van der Waals surface area contributed by atoms with Gasteiger partial charge in [-0.2, -0.15) is 0 Å². The number of pyridine rings is 1. The van der Waals surface area contributed by atoms with Gasteiger partial charge in [0.05, 0.1) is 0 Å². The average molecular weight is 237 g/mol. The molecular weight excluding hydrogens is 222 g/mol. The molecule has 0 atom stereocenters. The number of carbonyl (C=O) groups is 1. The van der Waals surface area contributed by atoms with E-state index in [4.69, 9.17) is 0 Å².